The van der Waals surface area contributed by atoms with Crippen LogP contribution in [0.15, 0.2) is 30.3 Å². The molecule has 0 amide bonds. The topological polar surface area (TPSA) is 54.4 Å². The summed E-state index contributed by atoms with van der Waals surface area (Å²) in [6.07, 6.45) is -0.0379. The molecule has 4 heteroatoms. The van der Waals surface area contributed by atoms with Crippen LogP contribution >= 0.6 is 0 Å². The van der Waals surface area contributed by atoms with Crippen molar-refractivity contribution in [1.82, 2.24) is 0 Å². The lowest BCUT2D eigenvalue weighted by Gasteiger charge is -2.10. The van der Waals surface area contributed by atoms with E-state index in [2.05, 4.69) is 0 Å². The van der Waals surface area contributed by atoms with Crippen molar-refractivity contribution >= 4 is 16.8 Å². The summed E-state index contributed by atoms with van der Waals surface area (Å²) in [5, 5.41) is 8.37. The van der Waals surface area contributed by atoms with E-state index >= 15 is 0 Å². The molecule has 0 aliphatic carbocycles. The average molecular weight is 226 g/mol. The molecule has 82 valence electrons. The summed E-state index contributed by atoms with van der Waals surface area (Å²) in [7, 11) is -1.12. The van der Waals surface area contributed by atoms with Crippen molar-refractivity contribution in [3.63, 3.8) is 0 Å². The third-order valence-corrected chi connectivity index (χ3v) is 3.85. The van der Waals surface area contributed by atoms with E-state index in [1.54, 1.807) is 0 Å². The van der Waals surface area contributed by atoms with E-state index < -0.39 is 16.8 Å². The summed E-state index contributed by atoms with van der Waals surface area (Å²) in [6.45, 7) is 1.85. The number of carbonyl (C=O) groups is 1. The van der Waals surface area contributed by atoms with Gasteiger partial charge in [0.1, 0.15) is 0 Å². The Kier molecular flexibility index (Phi) is 4.49. The maximum atomic E-state index is 11.7. The standard InChI is InChI=1S/C11H14O3S/c1-9(10-5-3-2-4-6-10)15(14)8-7-11(12)13/h2-6,9H,7-8H2,1H3,(H,12,13). The van der Waals surface area contributed by atoms with Crippen molar-refractivity contribution in [2.45, 2.75) is 18.6 Å². The number of hydrogen-bond donors (Lipinski definition) is 1. The number of rotatable bonds is 5. The van der Waals surface area contributed by atoms with Gasteiger partial charge in [-0.3, -0.25) is 9.00 Å². The third kappa shape index (κ3) is 3.83. The molecular formula is C11H14O3S. The molecular weight excluding hydrogens is 212 g/mol. The van der Waals surface area contributed by atoms with Crippen LogP contribution in [0.2, 0.25) is 0 Å². The van der Waals surface area contributed by atoms with Gasteiger partial charge in [0.25, 0.3) is 0 Å². The fourth-order valence-electron chi connectivity index (χ4n) is 1.24. The molecule has 1 aromatic rings. The molecule has 0 bridgehead atoms. The van der Waals surface area contributed by atoms with Gasteiger partial charge in [0.2, 0.25) is 0 Å². The van der Waals surface area contributed by atoms with Gasteiger partial charge in [0, 0.05) is 16.6 Å². The molecule has 0 aliphatic rings. The van der Waals surface area contributed by atoms with Crippen molar-refractivity contribution in [2.75, 3.05) is 5.75 Å². The number of carboxylic acids is 1. The van der Waals surface area contributed by atoms with E-state index in [1.165, 1.54) is 0 Å². The molecule has 2 unspecified atom stereocenters. The van der Waals surface area contributed by atoms with Gasteiger partial charge in [-0.05, 0) is 12.5 Å². The second kappa shape index (κ2) is 5.66. The first-order valence-corrected chi connectivity index (χ1v) is 6.13. The van der Waals surface area contributed by atoms with Crippen LogP contribution in [0.5, 0.6) is 0 Å². The predicted molar refractivity (Wildman–Crippen MR) is 60.1 cm³/mol. The molecule has 0 aliphatic heterocycles. The number of benzene rings is 1. The highest BCUT2D eigenvalue weighted by Crippen LogP contribution is 2.19. The van der Waals surface area contributed by atoms with Crippen molar-refractivity contribution < 1.29 is 14.1 Å². The molecule has 15 heavy (non-hydrogen) atoms. The molecule has 3 nitrogen and oxygen atoms in total. The molecule has 0 spiro atoms. The Labute approximate surface area is 91.6 Å². The van der Waals surface area contributed by atoms with Gasteiger partial charge in [-0.25, -0.2) is 0 Å². The van der Waals surface area contributed by atoms with Crippen LogP contribution in [0, 0.1) is 0 Å². The molecule has 1 rings (SSSR count). The lowest BCUT2D eigenvalue weighted by Crippen LogP contribution is -2.10. The molecule has 0 heterocycles. The summed E-state index contributed by atoms with van der Waals surface area (Å²) in [4.78, 5) is 10.3. The van der Waals surface area contributed by atoms with Gasteiger partial charge < -0.3 is 5.11 Å². The van der Waals surface area contributed by atoms with E-state index in [0.717, 1.165) is 5.56 Å². The van der Waals surface area contributed by atoms with Crippen LogP contribution in [0.1, 0.15) is 24.2 Å². The summed E-state index contributed by atoms with van der Waals surface area (Å²) >= 11 is 0. The van der Waals surface area contributed by atoms with Gasteiger partial charge in [-0.2, -0.15) is 0 Å². The van der Waals surface area contributed by atoms with E-state index in [1.807, 2.05) is 37.3 Å². The maximum absolute atomic E-state index is 11.7. The molecule has 2 atom stereocenters. The first-order chi connectivity index (χ1) is 7.11. The Bertz CT molecular complexity index is 348. The minimum Gasteiger partial charge on any atom is -0.481 e. The third-order valence-electron chi connectivity index (χ3n) is 2.18. The molecule has 0 radical (unpaired) electrons. The lowest BCUT2D eigenvalue weighted by atomic mass is 10.2. The van der Waals surface area contributed by atoms with E-state index in [4.69, 9.17) is 5.11 Å². The maximum Gasteiger partial charge on any atom is 0.304 e. The van der Waals surface area contributed by atoms with Crippen LogP contribution in [-0.4, -0.2) is 21.0 Å². The van der Waals surface area contributed by atoms with Crippen molar-refractivity contribution in [3.05, 3.63) is 35.9 Å². The van der Waals surface area contributed by atoms with Crippen molar-refractivity contribution in [2.24, 2.45) is 0 Å². The SMILES string of the molecule is CC(c1ccccc1)S(=O)CCC(=O)O. The number of aliphatic carboxylic acids is 1. The zero-order valence-electron chi connectivity index (χ0n) is 8.55. The Morgan fingerprint density at radius 3 is 2.53 bits per heavy atom. The number of carboxylic acid groups (broad SMARTS) is 1. The van der Waals surface area contributed by atoms with Gasteiger partial charge in [-0.1, -0.05) is 30.3 Å². The second-order valence-electron chi connectivity index (χ2n) is 3.28. The quantitative estimate of drug-likeness (QED) is 0.835. The monoisotopic (exact) mass is 226 g/mol. The minimum absolute atomic E-state index is 0.0379. The fraction of sp³-hybridized carbons (Fsp3) is 0.364. The second-order valence-corrected chi connectivity index (χ2v) is 5.16. The van der Waals surface area contributed by atoms with Gasteiger partial charge in [0.05, 0.1) is 11.7 Å². The van der Waals surface area contributed by atoms with Gasteiger partial charge in [-0.15, -0.1) is 0 Å². The van der Waals surface area contributed by atoms with Crippen LogP contribution in [0.3, 0.4) is 0 Å². The molecule has 1 N–H and O–H groups in total. The highest BCUT2D eigenvalue weighted by atomic mass is 32.2. The molecule has 0 saturated carbocycles. The predicted octanol–water partition coefficient (Wildman–Crippen LogP) is 1.97. The first-order valence-electron chi connectivity index (χ1n) is 4.75. The molecule has 0 fully saturated rings. The minimum atomic E-state index is -1.12. The van der Waals surface area contributed by atoms with E-state index in [-0.39, 0.29) is 17.4 Å². The van der Waals surface area contributed by atoms with Crippen LogP contribution < -0.4 is 0 Å². The summed E-state index contributed by atoms with van der Waals surface area (Å²) < 4.78 is 11.7. The van der Waals surface area contributed by atoms with Crippen LogP contribution in [-0.2, 0) is 15.6 Å². The normalized spacial score (nSPS) is 14.5. The van der Waals surface area contributed by atoms with Crippen molar-refractivity contribution in [3.8, 4) is 0 Å². The largest absolute Gasteiger partial charge is 0.481 e. The molecule has 0 aromatic heterocycles. The molecule has 1 aromatic carbocycles. The first kappa shape index (κ1) is 11.9. The summed E-state index contributed by atoms with van der Waals surface area (Å²) in [5.41, 5.74) is 0.987. The Hall–Kier alpha value is -1.16. The molecule has 0 saturated heterocycles. The fourth-order valence-corrected chi connectivity index (χ4v) is 2.43. The van der Waals surface area contributed by atoms with Crippen molar-refractivity contribution in [1.29, 1.82) is 0 Å². The summed E-state index contributed by atoms with van der Waals surface area (Å²) in [6, 6.07) is 9.49. The van der Waals surface area contributed by atoms with Crippen LogP contribution in [0.25, 0.3) is 0 Å². The zero-order chi connectivity index (χ0) is 11.3. The Morgan fingerprint density at radius 1 is 1.40 bits per heavy atom. The van der Waals surface area contributed by atoms with Crippen LogP contribution in [0.4, 0.5) is 0 Å². The smallest absolute Gasteiger partial charge is 0.304 e. The zero-order valence-corrected chi connectivity index (χ0v) is 9.37. The van der Waals surface area contributed by atoms with E-state index in [0.29, 0.717) is 0 Å². The summed E-state index contributed by atoms with van der Waals surface area (Å²) in [5.74, 6) is -0.686. The number of hydrogen-bond acceptors (Lipinski definition) is 2. The van der Waals surface area contributed by atoms with E-state index in [9.17, 15) is 9.00 Å². The van der Waals surface area contributed by atoms with Gasteiger partial charge >= 0.3 is 5.97 Å². The highest BCUT2D eigenvalue weighted by molar-refractivity contribution is 7.85. The lowest BCUT2D eigenvalue weighted by molar-refractivity contribution is -0.136. The Balaban J connectivity index is 2.57. The average Bonchev–Trinajstić information content (AvgIpc) is 2.26. The highest BCUT2D eigenvalue weighted by Gasteiger charge is 2.13. The Morgan fingerprint density at radius 2 is 2.00 bits per heavy atom. The van der Waals surface area contributed by atoms with Gasteiger partial charge in [0.15, 0.2) is 0 Å².